The van der Waals surface area contributed by atoms with Crippen LogP contribution < -0.4 is 20.2 Å². The molecule has 0 saturated carbocycles. The molecule has 2 aromatic rings. The van der Waals surface area contributed by atoms with Gasteiger partial charge in [0.25, 0.3) is 5.91 Å². The Bertz CT molecular complexity index is 1110. The van der Waals surface area contributed by atoms with E-state index in [1.807, 2.05) is 6.92 Å². The first kappa shape index (κ1) is 24.4. The number of amides is 1. The molecule has 0 aromatic heterocycles. The van der Waals surface area contributed by atoms with Crippen LogP contribution in [0.15, 0.2) is 58.5 Å². The summed E-state index contributed by atoms with van der Waals surface area (Å²) < 4.78 is 32.1. The van der Waals surface area contributed by atoms with E-state index >= 15 is 0 Å². The quantitative estimate of drug-likeness (QED) is 0.324. The number of nitrogens with one attached hydrogen (secondary N) is 2. The van der Waals surface area contributed by atoms with Crippen LogP contribution in [0.1, 0.15) is 11.1 Å². The lowest BCUT2D eigenvalue weighted by Gasteiger charge is -2.31. The lowest BCUT2D eigenvalue weighted by atomic mass is 10.2. The smallest absolute Gasteiger partial charge is 0.295 e. The van der Waals surface area contributed by atoms with Gasteiger partial charge in [-0.25, -0.2) is 13.8 Å². The molecule has 1 heterocycles. The average molecular weight is 475 g/mol. The lowest BCUT2D eigenvalue weighted by Crippen LogP contribution is -3.15. The fraction of sp³-hybridized carbons (Fsp3) is 0.318. The fourth-order valence-electron chi connectivity index (χ4n) is 3.37. The summed E-state index contributed by atoms with van der Waals surface area (Å²) in [6.07, 6.45) is 1.37. The Morgan fingerprint density at radius 3 is 2.48 bits per heavy atom. The number of hydrogen-bond donors (Lipinski definition) is 2. The van der Waals surface area contributed by atoms with Crippen molar-refractivity contribution < 1.29 is 32.8 Å². The Labute approximate surface area is 192 Å². The van der Waals surface area contributed by atoms with Crippen LogP contribution in [0.4, 0.5) is 0 Å². The zero-order valence-electron chi connectivity index (χ0n) is 18.2. The third-order valence-electron chi connectivity index (χ3n) is 5.16. The molecule has 0 atom stereocenters. The number of para-hydroxylation sites is 1. The van der Waals surface area contributed by atoms with E-state index in [9.17, 15) is 23.1 Å². The van der Waals surface area contributed by atoms with E-state index in [1.165, 1.54) is 10.5 Å². The first-order valence-corrected chi connectivity index (χ1v) is 11.8. The molecule has 2 aromatic carbocycles. The number of rotatable bonds is 9. The Balaban J connectivity index is 1.48. The number of carbonyl (C=O) groups is 2. The molecule has 0 spiro atoms. The topological polar surface area (TPSA) is 133 Å². The molecule has 1 aliphatic rings. The van der Waals surface area contributed by atoms with E-state index in [0.717, 1.165) is 10.5 Å². The molecule has 1 saturated heterocycles. The molecule has 176 valence electrons. The van der Waals surface area contributed by atoms with Crippen molar-refractivity contribution in [3.05, 3.63) is 59.7 Å². The van der Waals surface area contributed by atoms with Gasteiger partial charge in [-0.05, 0) is 31.2 Å². The van der Waals surface area contributed by atoms with Crippen molar-refractivity contribution in [1.29, 1.82) is 0 Å². The highest BCUT2D eigenvalue weighted by atomic mass is 32.2. The molecule has 0 aliphatic carbocycles. The third kappa shape index (κ3) is 6.85. The van der Waals surface area contributed by atoms with Gasteiger partial charge < -0.3 is 19.5 Å². The van der Waals surface area contributed by atoms with E-state index in [2.05, 4.69) is 10.5 Å². The van der Waals surface area contributed by atoms with E-state index in [0.29, 0.717) is 37.5 Å². The monoisotopic (exact) mass is 474 g/mol. The molecule has 1 aliphatic heterocycles. The molecule has 2 N–H and O–H groups in total. The minimum atomic E-state index is -3.55. The minimum absolute atomic E-state index is 0.151. The molecule has 1 fully saturated rings. The Kier molecular flexibility index (Phi) is 8.15. The number of quaternary nitrogens is 1. The second-order valence-corrected chi connectivity index (χ2v) is 9.57. The van der Waals surface area contributed by atoms with E-state index in [-0.39, 0.29) is 17.3 Å². The molecule has 0 unspecified atom stereocenters. The Hall–Kier alpha value is -3.28. The summed E-state index contributed by atoms with van der Waals surface area (Å²) in [5.74, 6) is -1.36. The summed E-state index contributed by atoms with van der Waals surface area (Å²) in [4.78, 5) is 24.0. The predicted octanol–water partition coefficient (Wildman–Crippen LogP) is -1.84. The number of aliphatic carboxylic acids is 1. The predicted molar refractivity (Wildman–Crippen MR) is 118 cm³/mol. The van der Waals surface area contributed by atoms with Gasteiger partial charge in [0.2, 0.25) is 10.0 Å². The lowest BCUT2D eigenvalue weighted by molar-refractivity contribution is -0.895. The third-order valence-corrected chi connectivity index (χ3v) is 7.07. The summed E-state index contributed by atoms with van der Waals surface area (Å²) >= 11 is 0. The van der Waals surface area contributed by atoms with Gasteiger partial charge >= 0.3 is 0 Å². The van der Waals surface area contributed by atoms with Gasteiger partial charge in [-0.15, -0.1) is 0 Å². The van der Waals surface area contributed by atoms with Gasteiger partial charge in [-0.3, -0.25) is 4.79 Å². The molecular weight excluding hydrogens is 448 g/mol. The summed E-state index contributed by atoms with van der Waals surface area (Å²) in [7, 11) is -3.55. The number of hydrogen-bond acceptors (Lipinski definition) is 7. The number of piperazine rings is 1. The average Bonchev–Trinajstić information content (AvgIpc) is 2.79. The maximum atomic E-state index is 12.8. The summed E-state index contributed by atoms with van der Waals surface area (Å²) in [5, 5.41) is 14.5. The van der Waals surface area contributed by atoms with Crippen molar-refractivity contribution in [2.24, 2.45) is 5.10 Å². The molecule has 33 heavy (non-hydrogen) atoms. The number of carboxylic acid groups (broad SMARTS) is 1. The van der Waals surface area contributed by atoms with Crippen molar-refractivity contribution >= 4 is 28.1 Å². The highest BCUT2D eigenvalue weighted by molar-refractivity contribution is 7.89. The van der Waals surface area contributed by atoms with Crippen molar-refractivity contribution in [2.45, 2.75) is 11.8 Å². The molecular formula is C22H26N4O6S. The van der Waals surface area contributed by atoms with Gasteiger partial charge in [0.05, 0.1) is 43.3 Å². The summed E-state index contributed by atoms with van der Waals surface area (Å²) in [5.41, 5.74) is 3.93. The van der Waals surface area contributed by atoms with Crippen molar-refractivity contribution in [3.63, 3.8) is 0 Å². The van der Waals surface area contributed by atoms with Crippen molar-refractivity contribution in [2.75, 3.05) is 39.3 Å². The zero-order chi connectivity index (χ0) is 23.8. The maximum absolute atomic E-state index is 12.8. The SMILES string of the molecule is Cc1ccc(S(=O)(=O)N2CC[NH+](CC(=O)NN=Cc3ccccc3OCC(=O)[O-])CC2)cc1. The van der Waals surface area contributed by atoms with Crippen LogP contribution in [0, 0.1) is 6.92 Å². The molecule has 10 nitrogen and oxygen atoms in total. The first-order chi connectivity index (χ1) is 15.8. The Morgan fingerprint density at radius 1 is 1.15 bits per heavy atom. The van der Waals surface area contributed by atoms with Gasteiger partial charge in [-0.2, -0.15) is 9.41 Å². The maximum Gasteiger partial charge on any atom is 0.295 e. The zero-order valence-corrected chi connectivity index (χ0v) is 19.0. The highest BCUT2D eigenvalue weighted by Gasteiger charge is 2.31. The molecule has 0 bridgehead atoms. The second kappa shape index (κ2) is 11.0. The van der Waals surface area contributed by atoms with Gasteiger partial charge in [-0.1, -0.05) is 29.8 Å². The Morgan fingerprint density at radius 2 is 1.82 bits per heavy atom. The number of aryl methyl sites for hydroxylation is 1. The van der Waals surface area contributed by atoms with Crippen LogP contribution in [0.2, 0.25) is 0 Å². The first-order valence-electron chi connectivity index (χ1n) is 10.4. The van der Waals surface area contributed by atoms with E-state index in [4.69, 9.17) is 4.74 Å². The van der Waals surface area contributed by atoms with Crippen LogP contribution in [0.3, 0.4) is 0 Å². The summed E-state index contributed by atoms with van der Waals surface area (Å²) in [6, 6.07) is 13.4. The number of benzene rings is 2. The highest BCUT2D eigenvalue weighted by Crippen LogP contribution is 2.16. The standard InChI is InChI=1S/C22H26N4O6S/c1-17-6-8-19(9-7-17)33(30,31)26-12-10-25(11-13-26)15-21(27)24-23-14-18-4-2-3-5-20(18)32-16-22(28)29/h2-9,14H,10-13,15-16H2,1H3,(H,24,27)(H,28,29). The second-order valence-electron chi connectivity index (χ2n) is 7.64. The number of ether oxygens (including phenoxy) is 1. The van der Waals surface area contributed by atoms with Gasteiger partial charge in [0.1, 0.15) is 12.4 Å². The van der Waals surface area contributed by atoms with E-state index in [1.54, 1.807) is 48.5 Å². The molecule has 0 radical (unpaired) electrons. The number of carbonyl (C=O) groups excluding carboxylic acids is 2. The fourth-order valence-corrected chi connectivity index (χ4v) is 4.82. The van der Waals surface area contributed by atoms with Crippen LogP contribution in [0.5, 0.6) is 5.75 Å². The van der Waals surface area contributed by atoms with E-state index < -0.39 is 22.6 Å². The molecule has 3 rings (SSSR count). The van der Waals surface area contributed by atoms with Gasteiger partial charge in [0.15, 0.2) is 6.54 Å². The molecule has 11 heteroatoms. The van der Waals surface area contributed by atoms with Crippen LogP contribution >= 0.6 is 0 Å². The minimum Gasteiger partial charge on any atom is -0.546 e. The van der Waals surface area contributed by atoms with Crippen LogP contribution in [-0.4, -0.2) is 70.1 Å². The van der Waals surface area contributed by atoms with Gasteiger partial charge in [0, 0.05) is 5.56 Å². The normalized spacial score (nSPS) is 15.4. The molecule has 1 amide bonds. The van der Waals surface area contributed by atoms with Crippen molar-refractivity contribution in [1.82, 2.24) is 9.73 Å². The van der Waals surface area contributed by atoms with Crippen LogP contribution in [0.25, 0.3) is 0 Å². The largest absolute Gasteiger partial charge is 0.546 e. The number of hydrazone groups is 1. The number of carboxylic acids is 1. The van der Waals surface area contributed by atoms with Crippen molar-refractivity contribution in [3.8, 4) is 5.75 Å². The number of nitrogens with zero attached hydrogens (tertiary/aromatic N) is 2. The number of sulfonamides is 1. The summed E-state index contributed by atoms with van der Waals surface area (Å²) in [6.45, 7) is 3.11. The van der Waals surface area contributed by atoms with Crippen LogP contribution in [-0.2, 0) is 19.6 Å².